The van der Waals surface area contributed by atoms with Gasteiger partial charge in [0.25, 0.3) is 0 Å². The first kappa shape index (κ1) is 21.8. The average Bonchev–Trinajstić information content (AvgIpc) is 2.87. The smallest absolute Gasteiger partial charge is 0.235 e. The van der Waals surface area contributed by atoms with E-state index in [1.165, 1.54) is 23.6 Å². The van der Waals surface area contributed by atoms with Gasteiger partial charge in [-0.15, -0.1) is 11.8 Å². The fourth-order valence-corrected chi connectivity index (χ4v) is 5.41. The predicted octanol–water partition coefficient (Wildman–Crippen LogP) is -1.78. The number of hydrogen-bond acceptors (Lipinski definition) is 7. The second kappa shape index (κ2) is 8.05. The molecule has 3 heterocycles. The monoisotopic (exact) mass is 441 g/mol. The number of nitrogens with two attached hydrogens (primary N) is 1. The van der Waals surface area contributed by atoms with Crippen molar-refractivity contribution in [1.82, 2.24) is 4.90 Å². The van der Waals surface area contributed by atoms with E-state index >= 15 is 0 Å². The zero-order chi connectivity index (χ0) is 21.5. The number of thioether (sulfide) groups is 1. The molecule has 1 fully saturated rings. The van der Waals surface area contributed by atoms with Gasteiger partial charge in [0.15, 0.2) is 18.9 Å². The third-order valence-corrected chi connectivity index (χ3v) is 7.21. The van der Waals surface area contributed by atoms with E-state index in [0.29, 0.717) is 11.3 Å². The van der Waals surface area contributed by atoms with Crippen molar-refractivity contribution in [3.8, 4) is 0 Å². The molecule has 0 spiro atoms. The van der Waals surface area contributed by atoms with Gasteiger partial charge in [-0.1, -0.05) is 6.92 Å². The Kier molecular flexibility index (Phi) is 6.04. The Morgan fingerprint density at radius 1 is 1.41 bits per heavy atom. The molecule has 29 heavy (non-hydrogen) atoms. The maximum atomic E-state index is 12.3. The average molecular weight is 442 g/mol. The van der Waals surface area contributed by atoms with Crippen molar-refractivity contribution in [3.63, 3.8) is 0 Å². The minimum absolute atomic E-state index is 0.0870. The number of β-lactam (4-membered cyclic amide) rings is 1. The number of amides is 1. The van der Waals surface area contributed by atoms with Crippen LogP contribution in [0.1, 0.15) is 13.8 Å². The third kappa shape index (κ3) is 4.32. The van der Waals surface area contributed by atoms with Crippen LogP contribution in [0.15, 0.2) is 40.7 Å². The number of aliphatic hydroxyl groups excluding tert-OH is 1. The van der Waals surface area contributed by atoms with E-state index < -0.39 is 28.0 Å². The predicted molar refractivity (Wildman–Crippen MR) is 102 cm³/mol. The second-order valence-electron chi connectivity index (χ2n) is 7.34. The molecule has 0 unspecified atom stereocenters. The van der Waals surface area contributed by atoms with Crippen molar-refractivity contribution >= 4 is 33.7 Å². The number of carboxylic acids is 1. The number of aliphatic carboxylic acids is 1. The highest BCUT2D eigenvalue weighted by molar-refractivity contribution is 7.99. The molecule has 4 atom stereocenters. The van der Waals surface area contributed by atoms with Crippen LogP contribution >= 0.6 is 11.8 Å². The highest BCUT2D eigenvalue weighted by Gasteiger charge is 2.58. The molecule has 3 N–H and O–H groups in total. The molecule has 2 aliphatic rings. The number of carbonyl (C=O) groups is 2. The Balaban J connectivity index is 1.71. The third-order valence-electron chi connectivity index (χ3n) is 5.40. The minimum atomic E-state index is -3.54. The minimum Gasteiger partial charge on any atom is -0.543 e. The second-order valence-corrected chi connectivity index (χ2v) is 10.1. The van der Waals surface area contributed by atoms with Gasteiger partial charge in [0, 0.05) is 28.7 Å². The maximum Gasteiger partial charge on any atom is 0.235 e. The van der Waals surface area contributed by atoms with E-state index in [1.807, 2.05) is 6.92 Å². The molecule has 1 aromatic heterocycles. The number of hydrogen-bond donors (Lipinski definition) is 2. The Morgan fingerprint density at radius 2 is 2.03 bits per heavy atom. The molecule has 1 saturated heterocycles. The van der Waals surface area contributed by atoms with Gasteiger partial charge in [-0.05, 0) is 12.5 Å². The molecule has 0 radical (unpaired) electrons. The van der Waals surface area contributed by atoms with E-state index in [1.54, 1.807) is 29.1 Å². The first-order chi connectivity index (χ1) is 13.5. The van der Waals surface area contributed by atoms with Gasteiger partial charge < -0.3 is 19.9 Å². The molecule has 11 heteroatoms. The van der Waals surface area contributed by atoms with Crippen molar-refractivity contribution in [2.45, 2.75) is 37.4 Å². The summed E-state index contributed by atoms with van der Waals surface area (Å²) in [6.07, 6.45) is 2.60. The molecule has 0 bridgehead atoms. The fourth-order valence-electron chi connectivity index (χ4n) is 3.91. The quantitative estimate of drug-likeness (QED) is 0.275. The van der Waals surface area contributed by atoms with E-state index in [4.69, 9.17) is 5.14 Å². The molecule has 9 nitrogen and oxygen atoms in total. The molecule has 2 aliphatic heterocycles. The van der Waals surface area contributed by atoms with Crippen LogP contribution in [0.25, 0.3) is 0 Å². The van der Waals surface area contributed by atoms with Gasteiger partial charge in [0.05, 0.1) is 29.7 Å². The van der Waals surface area contributed by atoms with Crippen LogP contribution in [-0.2, 0) is 26.2 Å². The molecule has 0 aliphatic carbocycles. The van der Waals surface area contributed by atoms with Gasteiger partial charge >= 0.3 is 0 Å². The summed E-state index contributed by atoms with van der Waals surface area (Å²) in [5.41, 5.74) is 0.526. The number of nitrogens with zero attached hydrogens (tertiary/aromatic N) is 2. The maximum absolute atomic E-state index is 12.3. The van der Waals surface area contributed by atoms with Crippen LogP contribution in [0.4, 0.5) is 0 Å². The number of sulfonamides is 1. The van der Waals surface area contributed by atoms with E-state index in [9.17, 15) is 28.2 Å². The number of aromatic nitrogens is 1. The van der Waals surface area contributed by atoms with Crippen LogP contribution in [0, 0.1) is 11.8 Å². The number of primary sulfonamides is 1. The topological polar surface area (TPSA) is 145 Å². The summed E-state index contributed by atoms with van der Waals surface area (Å²) in [6, 6.07) is 3.23. The lowest BCUT2D eigenvalue weighted by molar-refractivity contribution is -0.692. The van der Waals surface area contributed by atoms with Gasteiger partial charge in [-0.2, -0.15) is 0 Å². The number of carbonyl (C=O) groups excluding carboxylic acids is 2. The number of rotatable bonds is 8. The highest BCUT2D eigenvalue weighted by atomic mass is 32.2. The summed E-state index contributed by atoms with van der Waals surface area (Å²) in [7, 11) is -3.54. The molecule has 1 aromatic rings. The Hall–Kier alpha value is -1.95. The van der Waals surface area contributed by atoms with Gasteiger partial charge in [-0.3, -0.25) is 4.79 Å². The number of aliphatic hydroxyl groups is 1. The zero-order valence-electron chi connectivity index (χ0n) is 16.0. The molecule has 0 aromatic carbocycles. The van der Waals surface area contributed by atoms with Crippen LogP contribution in [-0.4, -0.2) is 54.0 Å². The van der Waals surface area contributed by atoms with Gasteiger partial charge in [0.2, 0.25) is 15.9 Å². The van der Waals surface area contributed by atoms with Crippen molar-refractivity contribution in [3.05, 3.63) is 35.8 Å². The largest absolute Gasteiger partial charge is 0.543 e. The molecule has 158 valence electrons. The van der Waals surface area contributed by atoms with Crippen LogP contribution in [0.3, 0.4) is 0 Å². The van der Waals surface area contributed by atoms with Gasteiger partial charge in [-0.25, -0.2) is 18.1 Å². The molecule has 1 amide bonds. The summed E-state index contributed by atoms with van der Waals surface area (Å²) in [4.78, 5) is 26.1. The molecule has 3 rings (SSSR count). The van der Waals surface area contributed by atoms with Crippen LogP contribution in [0.2, 0.25) is 0 Å². The Morgan fingerprint density at radius 3 is 2.55 bits per heavy atom. The summed E-state index contributed by atoms with van der Waals surface area (Å²) < 4.78 is 23.8. The van der Waals surface area contributed by atoms with Crippen LogP contribution in [0.5, 0.6) is 0 Å². The number of fused-ring (bicyclic) bond motifs is 1. The number of pyridine rings is 1. The lowest BCUT2D eigenvalue weighted by Gasteiger charge is -2.47. The Labute approximate surface area is 173 Å². The lowest BCUT2D eigenvalue weighted by atomic mass is 9.78. The summed E-state index contributed by atoms with van der Waals surface area (Å²) in [5.74, 6) is -2.38. The summed E-state index contributed by atoms with van der Waals surface area (Å²) in [5, 5.41) is 26.5. The fraction of sp³-hybridized carbons (Fsp3) is 0.500. The van der Waals surface area contributed by atoms with Crippen LogP contribution < -0.4 is 14.8 Å². The van der Waals surface area contributed by atoms with Gasteiger partial charge in [0.1, 0.15) is 5.75 Å². The van der Waals surface area contributed by atoms with Crippen molar-refractivity contribution in [2.75, 3.05) is 11.5 Å². The molecular formula is C18H23N3O6S2. The highest BCUT2D eigenvalue weighted by Crippen LogP contribution is 2.47. The van der Waals surface area contributed by atoms with E-state index in [-0.39, 0.29) is 35.9 Å². The Bertz CT molecular complexity index is 958. The number of aryl methyl sites for hydroxylation is 1. The lowest BCUT2D eigenvalue weighted by Crippen LogP contribution is -2.64. The zero-order valence-corrected chi connectivity index (χ0v) is 17.6. The SMILES string of the molecule is C[C@@H](O)[C@H]1C(=O)N2C(C(=O)[O-])=C(CSc3cc[n+](CCS(N)(=O)=O)cc3)[C@H](C)[C@H]12. The molecular weight excluding hydrogens is 418 g/mol. The first-order valence-electron chi connectivity index (χ1n) is 9.09. The van der Waals surface area contributed by atoms with Crippen molar-refractivity contribution in [2.24, 2.45) is 17.0 Å². The van der Waals surface area contributed by atoms with E-state index in [0.717, 1.165) is 4.90 Å². The summed E-state index contributed by atoms with van der Waals surface area (Å²) in [6.45, 7) is 3.63. The normalized spacial score (nSPS) is 25.0. The standard InChI is InChI=1S/C18H23N3O6S2/c1-10-13(16(18(24)25)21-15(10)14(11(2)22)17(21)23)9-28-12-3-5-20(6-4-12)7-8-29(19,26)27/h3-6,10-11,14-15,22H,7-9H2,1-2H3,(H2-,19,24,25,26,27)/t10-,11+,14+,15+/m0/s1. The molecule has 0 saturated carbocycles. The van der Waals surface area contributed by atoms with Crippen molar-refractivity contribution in [1.29, 1.82) is 0 Å². The van der Waals surface area contributed by atoms with E-state index in [2.05, 4.69) is 0 Å². The summed E-state index contributed by atoms with van der Waals surface area (Å²) >= 11 is 1.41. The first-order valence-corrected chi connectivity index (χ1v) is 11.8. The number of carboxylic acid groups (broad SMARTS) is 1. The van der Waals surface area contributed by atoms with Crippen molar-refractivity contribution < 1.29 is 32.8 Å².